The van der Waals surface area contributed by atoms with Crippen molar-refractivity contribution in [2.45, 2.75) is 23.5 Å². The van der Waals surface area contributed by atoms with E-state index in [4.69, 9.17) is 0 Å². The zero-order valence-corrected chi connectivity index (χ0v) is 18.2. The molecule has 1 amide bonds. The highest BCUT2D eigenvalue weighted by Gasteiger charge is 2.33. The molecule has 2 heterocycles. The van der Waals surface area contributed by atoms with Crippen LogP contribution in [0.15, 0.2) is 52.2 Å². The molecule has 0 radical (unpaired) electrons. The Morgan fingerprint density at radius 2 is 1.93 bits per heavy atom. The average molecular weight is 473 g/mol. The number of halogens is 3. The van der Waals surface area contributed by atoms with E-state index in [-0.39, 0.29) is 12.3 Å². The first kappa shape index (κ1) is 22.6. The summed E-state index contributed by atoms with van der Waals surface area (Å²) in [4.78, 5) is 14.5. The van der Waals surface area contributed by atoms with Gasteiger partial charge in [0.2, 0.25) is 11.0 Å². The van der Waals surface area contributed by atoms with Crippen LogP contribution in [0.3, 0.4) is 0 Å². The van der Waals surface area contributed by atoms with E-state index >= 15 is 0 Å². The Labute approximate surface area is 184 Å². The van der Waals surface area contributed by atoms with Gasteiger partial charge in [0.05, 0.1) is 5.75 Å². The first-order chi connectivity index (χ1) is 14.4. The van der Waals surface area contributed by atoms with Gasteiger partial charge in [-0.1, -0.05) is 59.5 Å². The van der Waals surface area contributed by atoms with E-state index in [0.717, 1.165) is 23.1 Å². The fourth-order valence-electron chi connectivity index (χ4n) is 2.55. The van der Waals surface area contributed by atoms with Gasteiger partial charge >= 0.3 is 6.18 Å². The third-order valence-electron chi connectivity index (χ3n) is 3.89. The molecule has 0 aliphatic rings. The molecular weight excluding hydrogens is 453 g/mol. The van der Waals surface area contributed by atoms with Gasteiger partial charge < -0.3 is 10.2 Å². The molecule has 1 aromatic carbocycles. The molecule has 11 heteroatoms. The van der Waals surface area contributed by atoms with Crippen LogP contribution < -0.4 is 5.32 Å². The van der Waals surface area contributed by atoms with Crippen molar-refractivity contribution < 1.29 is 18.0 Å². The largest absolute Gasteiger partial charge is 0.406 e. The van der Waals surface area contributed by atoms with Crippen molar-refractivity contribution in [3.8, 4) is 0 Å². The lowest BCUT2D eigenvalue weighted by molar-refractivity contribution is -0.160. The quantitative estimate of drug-likeness (QED) is 0.424. The Hall–Kier alpha value is -2.11. The number of alkyl halides is 3. The first-order valence-electron chi connectivity index (χ1n) is 9.00. The van der Waals surface area contributed by atoms with Gasteiger partial charge in [-0.2, -0.15) is 13.2 Å². The summed E-state index contributed by atoms with van der Waals surface area (Å²) in [6.45, 7) is -0.673. The summed E-state index contributed by atoms with van der Waals surface area (Å²) in [5, 5.41) is 13.8. The number of anilines is 1. The van der Waals surface area contributed by atoms with Gasteiger partial charge in [0.1, 0.15) is 6.54 Å². The van der Waals surface area contributed by atoms with E-state index in [1.165, 1.54) is 16.2 Å². The molecule has 0 fully saturated rings. The van der Waals surface area contributed by atoms with E-state index in [2.05, 4.69) is 21.6 Å². The number of benzene rings is 1. The van der Waals surface area contributed by atoms with Gasteiger partial charge in [-0.05, 0) is 23.4 Å². The Balaban J connectivity index is 1.51. The number of amides is 1. The van der Waals surface area contributed by atoms with Gasteiger partial charge in [-0.3, -0.25) is 4.79 Å². The number of hydrogen-bond donors (Lipinski definition) is 1. The molecule has 5 nitrogen and oxygen atoms in total. The molecule has 0 atom stereocenters. The van der Waals surface area contributed by atoms with Crippen LogP contribution in [0, 0.1) is 0 Å². The highest BCUT2D eigenvalue weighted by molar-refractivity contribution is 8.01. The van der Waals surface area contributed by atoms with Crippen molar-refractivity contribution in [2.75, 3.05) is 24.2 Å². The van der Waals surface area contributed by atoms with E-state index in [1.54, 1.807) is 41.7 Å². The summed E-state index contributed by atoms with van der Waals surface area (Å²) in [6.07, 6.45) is -3.60. The highest BCUT2D eigenvalue weighted by atomic mass is 32.2. The van der Waals surface area contributed by atoms with Crippen molar-refractivity contribution in [1.29, 1.82) is 0 Å². The minimum absolute atomic E-state index is 0.0919. The van der Waals surface area contributed by atoms with E-state index in [9.17, 15) is 18.0 Å². The smallest absolute Gasteiger partial charge is 0.360 e. The summed E-state index contributed by atoms with van der Waals surface area (Å²) in [6, 6.07) is 12.7. The van der Waals surface area contributed by atoms with Crippen LogP contribution in [0.2, 0.25) is 0 Å². The number of carbonyl (C=O) groups excluding carboxylic acids is 1. The van der Waals surface area contributed by atoms with Crippen LogP contribution >= 0.6 is 34.4 Å². The maximum atomic E-state index is 12.9. The molecule has 0 bridgehead atoms. The Bertz CT molecular complexity index is 917. The van der Waals surface area contributed by atoms with Gasteiger partial charge in [0, 0.05) is 18.0 Å². The van der Waals surface area contributed by atoms with Crippen molar-refractivity contribution in [2.24, 2.45) is 0 Å². The molecule has 30 heavy (non-hydrogen) atoms. The summed E-state index contributed by atoms with van der Waals surface area (Å²) in [5.41, 5.74) is 0.647. The number of thiophene rings is 1. The average Bonchev–Trinajstić information content (AvgIpc) is 3.37. The molecule has 0 unspecified atom stereocenters. The molecule has 160 valence electrons. The summed E-state index contributed by atoms with van der Waals surface area (Å²) < 4.78 is 39.3. The Morgan fingerprint density at radius 3 is 2.63 bits per heavy atom. The molecular formula is C19H19F3N4OS3. The number of hydrogen-bond acceptors (Lipinski definition) is 7. The van der Waals surface area contributed by atoms with Crippen LogP contribution in [-0.4, -0.2) is 46.0 Å². The second kappa shape index (κ2) is 10.8. The lowest BCUT2D eigenvalue weighted by Gasteiger charge is -2.23. The van der Waals surface area contributed by atoms with Crippen LogP contribution in [-0.2, 0) is 17.8 Å². The van der Waals surface area contributed by atoms with Gasteiger partial charge in [-0.25, -0.2) is 0 Å². The topological polar surface area (TPSA) is 58.1 Å². The Kier molecular flexibility index (Phi) is 8.11. The monoisotopic (exact) mass is 472 g/mol. The van der Waals surface area contributed by atoms with Crippen LogP contribution in [0.5, 0.6) is 0 Å². The molecule has 0 aliphatic heterocycles. The van der Waals surface area contributed by atoms with Gasteiger partial charge in [-0.15, -0.1) is 21.5 Å². The predicted molar refractivity (Wildman–Crippen MR) is 115 cm³/mol. The maximum absolute atomic E-state index is 12.9. The predicted octanol–water partition coefficient (Wildman–Crippen LogP) is 4.94. The zero-order valence-electron chi connectivity index (χ0n) is 15.8. The molecule has 0 saturated carbocycles. The number of aromatic nitrogens is 2. The van der Waals surface area contributed by atoms with E-state index in [0.29, 0.717) is 21.6 Å². The molecule has 0 aliphatic carbocycles. The van der Waals surface area contributed by atoms with Crippen molar-refractivity contribution >= 4 is 45.5 Å². The SMILES string of the molecule is O=C(CSc1nnc(NCCc2cccs2)s1)N(Cc1ccccc1)CC(F)(F)F. The fraction of sp³-hybridized carbons (Fsp3) is 0.316. The summed E-state index contributed by atoms with van der Waals surface area (Å²) in [5.74, 6) is -0.726. The van der Waals surface area contributed by atoms with E-state index in [1.807, 2.05) is 11.4 Å². The summed E-state index contributed by atoms with van der Waals surface area (Å²) >= 11 is 4.06. The second-order valence-electron chi connectivity index (χ2n) is 6.27. The zero-order chi connectivity index (χ0) is 21.4. The maximum Gasteiger partial charge on any atom is 0.406 e. The fourth-order valence-corrected chi connectivity index (χ4v) is 4.94. The van der Waals surface area contributed by atoms with Crippen LogP contribution in [0.25, 0.3) is 0 Å². The third kappa shape index (κ3) is 7.62. The minimum Gasteiger partial charge on any atom is -0.360 e. The normalized spacial score (nSPS) is 11.4. The van der Waals surface area contributed by atoms with Crippen molar-refractivity contribution in [3.63, 3.8) is 0 Å². The van der Waals surface area contributed by atoms with Crippen molar-refractivity contribution in [1.82, 2.24) is 15.1 Å². The molecule has 0 saturated heterocycles. The van der Waals surface area contributed by atoms with E-state index < -0.39 is 18.6 Å². The van der Waals surface area contributed by atoms with Gasteiger partial charge in [0.15, 0.2) is 4.34 Å². The van der Waals surface area contributed by atoms with Crippen LogP contribution in [0.4, 0.5) is 18.3 Å². The lowest BCUT2D eigenvalue weighted by atomic mass is 10.2. The first-order valence-corrected chi connectivity index (χ1v) is 11.7. The summed E-state index contributed by atoms with van der Waals surface area (Å²) in [7, 11) is 0. The standard InChI is InChI=1S/C19H19F3N4OS3/c20-19(21,22)13-26(11-14-5-2-1-3-6-14)16(27)12-29-18-25-24-17(30-18)23-9-8-15-7-4-10-28-15/h1-7,10H,8-9,11-13H2,(H,23,24). The number of rotatable bonds is 10. The third-order valence-corrected chi connectivity index (χ3v) is 6.83. The lowest BCUT2D eigenvalue weighted by Crippen LogP contribution is -2.39. The molecule has 3 aromatic rings. The number of nitrogens with zero attached hydrogens (tertiary/aromatic N) is 3. The second-order valence-corrected chi connectivity index (χ2v) is 9.50. The number of nitrogens with one attached hydrogen (secondary N) is 1. The molecule has 0 spiro atoms. The van der Waals surface area contributed by atoms with Crippen LogP contribution in [0.1, 0.15) is 10.4 Å². The molecule has 1 N–H and O–H groups in total. The molecule has 2 aromatic heterocycles. The number of thioether (sulfide) groups is 1. The van der Waals surface area contributed by atoms with Crippen molar-refractivity contribution in [3.05, 3.63) is 58.3 Å². The number of carbonyl (C=O) groups is 1. The van der Waals surface area contributed by atoms with Gasteiger partial charge in [0.25, 0.3) is 0 Å². The highest BCUT2D eigenvalue weighted by Crippen LogP contribution is 2.27. The Morgan fingerprint density at radius 1 is 1.13 bits per heavy atom. The minimum atomic E-state index is -4.46. The molecule has 3 rings (SSSR count).